The number of allylic oxidation sites excluding steroid dienone is 6. The summed E-state index contributed by atoms with van der Waals surface area (Å²) >= 11 is 0. The quantitative estimate of drug-likeness (QED) is 0.0331. The molecule has 304 valence electrons. The van der Waals surface area contributed by atoms with Gasteiger partial charge in [0.25, 0.3) is 0 Å². The Kier molecular flexibility index (Phi) is 40.3. The van der Waals surface area contributed by atoms with Crippen molar-refractivity contribution in [1.29, 1.82) is 0 Å². The standard InChI is InChI=1S/C46H85NO5/c1-3-5-7-9-11-13-15-17-19-24-28-32-36-40-46(51)52-41-37-33-29-25-21-20-23-27-31-35-39-45(50)47-43(42-48)44(49)38-34-30-26-22-18-16-14-12-10-8-6-4-2/h7,9,13,15,21,25,43-44,48-49H,3-6,8,10-12,14,16-20,22-24,26-42H2,1-2H3,(H,47,50)/b9-7-,15-13-,25-21-. The highest BCUT2D eigenvalue weighted by Gasteiger charge is 2.20. The van der Waals surface area contributed by atoms with Crippen LogP contribution in [0.4, 0.5) is 0 Å². The first-order valence-corrected chi connectivity index (χ1v) is 22.2. The van der Waals surface area contributed by atoms with Gasteiger partial charge in [0.05, 0.1) is 25.4 Å². The van der Waals surface area contributed by atoms with Crippen LogP contribution in [0, 0.1) is 0 Å². The van der Waals surface area contributed by atoms with Crippen LogP contribution in [0.25, 0.3) is 0 Å². The fraction of sp³-hybridized carbons (Fsp3) is 0.826. The van der Waals surface area contributed by atoms with Gasteiger partial charge in [0.2, 0.25) is 5.91 Å². The molecule has 52 heavy (non-hydrogen) atoms. The van der Waals surface area contributed by atoms with Crippen LogP contribution in [0.5, 0.6) is 0 Å². The van der Waals surface area contributed by atoms with E-state index in [1.165, 1.54) is 96.3 Å². The van der Waals surface area contributed by atoms with Gasteiger partial charge in [-0.1, -0.05) is 166 Å². The van der Waals surface area contributed by atoms with Crippen LogP contribution < -0.4 is 5.32 Å². The molecule has 0 heterocycles. The Balaban J connectivity index is 3.57. The van der Waals surface area contributed by atoms with Gasteiger partial charge in [0.15, 0.2) is 0 Å². The average Bonchev–Trinajstić information content (AvgIpc) is 3.14. The third kappa shape index (κ3) is 37.8. The summed E-state index contributed by atoms with van der Waals surface area (Å²) in [7, 11) is 0. The van der Waals surface area contributed by atoms with E-state index in [9.17, 15) is 19.8 Å². The van der Waals surface area contributed by atoms with Gasteiger partial charge in [-0.15, -0.1) is 0 Å². The van der Waals surface area contributed by atoms with Crippen LogP contribution in [0.3, 0.4) is 0 Å². The molecule has 2 unspecified atom stereocenters. The molecule has 0 aromatic heterocycles. The van der Waals surface area contributed by atoms with E-state index in [1.807, 2.05) is 0 Å². The summed E-state index contributed by atoms with van der Waals surface area (Å²) in [6.07, 6.45) is 48.1. The Morgan fingerprint density at radius 2 is 1.00 bits per heavy atom. The van der Waals surface area contributed by atoms with Crippen molar-refractivity contribution in [2.24, 2.45) is 0 Å². The highest BCUT2D eigenvalue weighted by atomic mass is 16.5. The van der Waals surface area contributed by atoms with E-state index in [-0.39, 0.29) is 18.5 Å². The molecule has 0 fully saturated rings. The number of amides is 1. The molecule has 0 aliphatic carbocycles. The number of esters is 1. The smallest absolute Gasteiger partial charge is 0.305 e. The Hall–Kier alpha value is -1.92. The predicted octanol–water partition coefficient (Wildman–Crippen LogP) is 12.6. The van der Waals surface area contributed by atoms with Crippen molar-refractivity contribution in [2.75, 3.05) is 13.2 Å². The number of carbonyl (C=O) groups is 2. The molecule has 0 rings (SSSR count). The molecule has 1 amide bonds. The second-order valence-corrected chi connectivity index (χ2v) is 15.0. The number of aliphatic hydroxyl groups is 2. The van der Waals surface area contributed by atoms with Gasteiger partial charge in [0.1, 0.15) is 0 Å². The van der Waals surface area contributed by atoms with Gasteiger partial charge in [-0.3, -0.25) is 9.59 Å². The van der Waals surface area contributed by atoms with Crippen LogP contribution in [-0.4, -0.2) is 47.4 Å². The number of carbonyl (C=O) groups excluding carboxylic acids is 2. The maximum Gasteiger partial charge on any atom is 0.305 e. The first-order chi connectivity index (χ1) is 25.5. The van der Waals surface area contributed by atoms with Crippen molar-refractivity contribution in [3.8, 4) is 0 Å². The van der Waals surface area contributed by atoms with E-state index >= 15 is 0 Å². The minimum atomic E-state index is -0.685. The van der Waals surface area contributed by atoms with E-state index in [0.717, 1.165) is 89.9 Å². The Labute approximate surface area is 322 Å². The van der Waals surface area contributed by atoms with Gasteiger partial charge in [-0.05, 0) is 77.0 Å². The molecule has 0 saturated carbocycles. The topological polar surface area (TPSA) is 95.9 Å². The third-order valence-electron chi connectivity index (χ3n) is 9.89. The van der Waals surface area contributed by atoms with E-state index in [1.54, 1.807) is 0 Å². The summed E-state index contributed by atoms with van der Waals surface area (Å²) in [5.74, 6) is -0.127. The number of unbranched alkanes of at least 4 members (excludes halogenated alkanes) is 23. The lowest BCUT2D eigenvalue weighted by molar-refractivity contribution is -0.143. The number of aliphatic hydroxyl groups excluding tert-OH is 2. The SMILES string of the molecule is CCC/C=C\C/C=C\CCCCCCCC(=O)OCCCC/C=C\CCCCCCC(=O)NC(CO)C(O)CCCCCCCCCCCCCC. The fourth-order valence-electron chi connectivity index (χ4n) is 6.43. The molecule has 0 aliphatic rings. The normalized spacial score (nSPS) is 13.1. The van der Waals surface area contributed by atoms with Gasteiger partial charge in [-0.25, -0.2) is 0 Å². The van der Waals surface area contributed by atoms with E-state index in [0.29, 0.717) is 25.9 Å². The first-order valence-electron chi connectivity index (χ1n) is 22.2. The summed E-state index contributed by atoms with van der Waals surface area (Å²) < 4.78 is 5.40. The highest BCUT2D eigenvalue weighted by molar-refractivity contribution is 5.76. The van der Waals surface area contributed by atoms with Gasteiger partial charge in [0, 0.05) is 12.8 Å². The summed E-state index contributed by atoms with van der Waals surface area (Å²) in [5, 5.41) is 23.1. The molecule has 6 nitrogen and oxygen atoms in total. The molecule has 3 N–H and O–H groups in total. The lowest BCUT2D eigenvalue weighted by atomic mass is 10.0. The zero-order valence-electron chi connectivity index (χ0n) is 34.3. The summed E-state index contributed by atoms with van der Waals surface area (Å²) in [6, 6.07) is -0.566. The highest BCUT2D eigenvalue weighted by Crippen LogP contribution is 2.15. The molecule has 0 aliphatic heterocycles. The average molecular weight is 732 g/mol. The van der Waals surface area contributed by atoms with Crippen molar-refractivity contribution in [3.05, 3.63) is 36.5 Å². The Bertz CT molecular complexity index is 854. The third-order valence-corrected chi connectivity index (χ3v) is 9.89. The van der Waals surface area contributed by atoms with Crippen molar-refractivity contribution in [2.45, 2.75) is 231 Å². The number of ether oxygens (including phenoxy) is 1. The lowest BCUT2D eigenvalue weighted by Gasteiger charge is -2.22. The fourth-order valence-corrected chi connectivity index (χ4v) is 6.43. The molecule has 0 spiro atoms. The van der Waals surface area contributed by atoms with Crippen molar-refractivity contribution >= 4 is 11.9 Å². The molecule has 2 atom stereocenters. The van der Waals surface area contributed by atoms with Crippen LogP contribution in [0.2, 0.25) is 0 Å². The molecule has 0 aromatic rings. The van der Waals surface area contributed by atoms with Crippen molar-refractivity contribution in [3.63, 3.8) is 0 Å². The van der Waals surface area contributed by atoms with Crippen molar-refractivity contribution < 1.29 is 24.5 Å². The maximum atomic E-state index is 12.4. The number of nitrogens with one attached hydrogen (secondary N) is 1. The zero-order chi connectivity index (χ0) is 38.0. The number of rotatable bonds is 40. The van der Waals surface area contributed by atoms with E-state index in [4.69, 9.17) is 4.74 Å². The molecular weight excluding hydrogens is 647 g/mol. The molecule has 6 heteroatoms. The summed E-state index contributed by atoms with van der Waals surface area (Å²) in [4.78, 5) is 24.3. The van der Waals surface area contributed by atoms with E-state index in [2.05, 4.69) is 55.6 Å². The largest absolute Gasteiger partial charge is 0.466 e. The lowest BCUT2D eigenvalue weighted by Crippen LogP contribution is -2.45. The zero-order valence-corrected chi connectivity index (χ0v) is 34.3. The van der Waals surface area contributed by atoms with Crippen LogP contribution in [0.15, 0.2) is 36.5 Å². The minimum absolute atomic E-state index is 0.0529. The predicted molar refractivity (Wildman–Crippen MR) is 222 cm³/mol. The van der Waals surface area contributed by atoms with Crippen LogP contribution >= 0.6 is 0 Å². The molecular formula is C46H85NO5. The minimum Gasteiger partial charge on any atom is -0.466 e. The number of hydrogen-bond acceptors (Lipinski definition) is 5. The Morgan fingerprint density at radius 1 is 0.538 bits per heavy atom. The van der Waals surface area contributed by atoms with Crippen LogP contribution in [-0.2, 0) is 14.3 Å². The monoisotopic (exact) mass is 732 g/mol. The maximum absolute atomic E-state index is 12.4. The molecule has 0 saturated heterocycles. The second-order valence-electron chi connectivity index (χ2n) is 15.0. The van der Waals surface area contributed by atoms with Crippen LogP contribution in [0.1, 0.15) is 219 Å². The molecule has 0 bridgehead atoms. The van der Waals surface area contributed by atoms with Crippen molar-refractivity contribution in [1.82, 2.24) is 5.32 Å². The molecule has 0 aromatic carbocycles. The Morgan fingerprint density at radius 3 is 1.56 bits per heavy atom. The summed E-state index contributed by atoms with van der Waals surface area (Å²) in [5.41, 5.74) is 0. The first kappa shape index (κ1) is 50.1. The van der Waals surface area contributed by atoms with Gasteiger partial charge >= 0.3 is 5.97 Å². The van der Waals surface area contributed by atoms with Gasteiger partial charge < -0.3 is 20.3 Å². The van der Waals surface area contributed by atoms with E-state index < -0.39 is 12.1 Å². The summed E-state index contributed by atoms with van der Waals surface area (Å²) in [6.45, 7) is 4.77. The van der Waals surface area contributed by atoms with Gasteiger partial charge in [-0.2, -0.15) is 0 Å². The number of hydrogen-bond donors (Lipinski definition) is 3. The molecule has 0 radical (unpaired) electrons. The second kappa shape index (κ2) is 41.8.